The number of carbonyl (C=O) groups is 3. The molecule has 0 radical (unpaired) electrons. The van der Waals surface area contributed by atoms with E-state index in [1.165, 1.54) is 0 Å². The molecule has 8 heteroatoms. The van der Waals surface area contributed by atoms with Gasteiger partial charge in [-0.2, -0.15) is 0 Å². The van der Waals surface area contributed by atoms with Gasteiger partial charge in [-0.25, -0.2) is 9.69 Å². The van der Waals surface area contributed by atoms with Crippen LogP contribution < -0.4 is 15.0 Å². The first-order chi connectivity index (χ1) is 18.5. The quantitative estimate of drug-likeness (QED) is 0.296. The number of aromatic nitrogens is 1. The summed E-state index contributed by atoms with van der Waals surface area (Å²) < 4.78 is 5.34. The van der Waals surface area contributed by atoms with Crippen LogP contribution >= 0.6 is 0 Å². The van der Waals surface area contributed by atoms with E-state index >= 15 is 0 Å². The predicted octanol–water partition coefficient (Wildman–Crippen LogP) is 4.58. The maximum atomic E-state index is 14.1. The number of nitrogens with zero attached hydrogens (tertiary/aromatic N) is 2. The minimum Gasteiger partial charge on any atom is -0.497 e. The lowest BCUT2D eigenvalue weighted by molar-refractivity contribution is -0.120. The molecule has 6 rings (SSSR count). The third kappa shape index (κ3) is 3.56. The number of hydrogen-bond donors (Lipinski definition) is 2. The van der Waals surface area contributed by atoms with E-state index in [1.54, 1.807) is 42.4 Å². The number of ether oxygens (including phenoxy) is 1. The molecule has 190 valence electrons. The number of hydrogen-bond acceptors (Lipinski definition) is 4. The van der Waals surface area contributed by atoms with Crippen LogP contribution in [0.5, 0.6) is 5.75 Å². The van der Waals surface area contributed by atoms with Crippen molar-refractivity contribution in [1.82, 2.24) is 15.2 Å². The Morgan fingerprint density at radius 1 is 1.08 bits per heavy atom. The Labute approximate surface area is 219 Å². The lowest BCUT2D eigenvalue weighted by Gasteiger charge is -2.36. The van der Waals surface area contributed by atoms with E-state index in [0.717, 1.165) is 32.6 Å². The zero-order valence-electron chi connectivity index (χ0n) is 20.8. The van der Waals surface area contributed by atoms with Gasteiger partial charge in [0.25, 0.3) is 11.8 Å². The van der Waals surface area contributed by atoms with Gasteiger partial charge in [0.2, 0.25) is 0 Å². The summed E-state index contributed by atoms with van der Waals surface area (Å²) in [5, 5.41) is 3.77. The molecule has 0 spiro atoms. The second-order valence-electron chi connectivity index (χ2n) is 9.34. The molecule has 2 aliphatic heterocycles. The number of para-hydroxylation sites is 2. The van der Waals surface area contributed by atoms with Gasteiger partial charge in [-0.05, 0) is 41.5 Å². The lowest BCUT2D eigenvalue weighted by atomic mass is 9.89. The number of nitrogens with one attached hydrogen (secondary N) is 2. The van der Waals surface area contributed by atoms with E-state index in [0.29, 0.717) is 12.2 Å². The fourth-order valence-electron chi connectivity index (χ4n) is 5.55. The molecule has 4 aromatic rings. The molecule has 0 aliphatic carbocycles. The van der Waals surface area contributed by atoms with E-state index in [1.807, 2.05) is 48.5 Å². The topological polar surface area (TPSA) is 94.7 Å². The SMILES string of the molecule is C=CCNC(=O)c1ccccc1N1C(=O)[C@@H]2Cc3c([nH]c4ccccc34)C(c3ccc(OC)cc3)N2C1=O. The number of methoxy groups -OCH3 is 1. The number of fused-ring (bicyclic) bond motifs is 4. The van der Waals surface area contributed by atoms with E-state index in [2.05, 4.69) is 16.9 Å². The highest BCUT2D eigenvalue weighted by Crippen LogP contribution is 2.45. The second-order valence-corrected chi connectivity index (χ2v) is 9.34. The van der Waals surface area contributed by atoms with Crippen molar-refractivity contribution in [2.45, 2.75) is 18.5 Å². The summed E-state index contributed by atoms with van der Waals surface area (Å²) in [4.78, 5) is 47.3. The van der Waals surface area contributed by atoms with Crippen molar-refractivity contribution in [3.63, 3.8) is 0 Å². The first-order valence-corrected chi connectivity index (χ1v) is 12.4. The predicted molar refractivity (Wildman–Crippen MR) is 144 cm³/mol. The Morgan fingerprint density at radius 2 is 1.82 bits per heavy atom. The van der Waals surface area contributed by atoms with Crippen LogP contribution in [0.15, 0.2) is 85.5 Å². The zero-order valence-corrected chi connectivity index (χ0v) is 20.8. The van der Waals surface area contributed by atoms with Crippen molar-refractivity contribution in [3.8, 4) is 5.75 Å². The molecule has 2 N–H and O–H groups in total. The van der Waals surface area contributed by atoms with Gasteiger partial charge >= 0.3 is 6.03 Å². The van der Waals surface area contributed by atoms with E-state index in [9.17, 15) is 14.4 Å². The molecule has 3 aromatic carbocycles. The number of urea groups is 1. The molecule has 3 heterocycles. The summed E-state index contributed by atoms with van der Waals surface area (Å²) in [6, 6.07) is 20.5. The molecule has 1 aromatic heterocycles. The van der Waals surface area contributed by atoms with Crippen molar-refractivity contribution in [3.05, 3.63) is 108 Å². The van der Waals surface area contributed by atoms with Crippen LogP contribution in [-0.2, 0) is 11.2 Å². The number of carbonyl (C=O) groups excluding carboxylic acids is 3. The maximum absolute atomic E-state index is 14.1. The maximum Gasteiger partial charge on any atom is 0.332 e. The van der Waals surface area contributed by atoms with Gasteiger partial charge in [0, 0.05) is 29.6 Å². The normalized spacial score (nSPS) is 18.3. The van der Waals surface area contributed by atoms with Crippen LogP contribution in [0.4, 0.5) is 10.5 Å². The number of rotatable bonds is 6. The molecule has 0 bridgehead atoms. The Balaban J connectivity index is 1.49. The zero-order chi connectivity index (χ0) is 26.4. The number of benzene rings is 3. The van der Waals surface area contributed by atoms with Crippen molar-refractivity contribution < 1.29 is 19.1 Å². The highest BCUT2D eigenvalue weighted by atomic mass is 16.5. The fourth-order valence-corrected chi connectivity index (χ4v) is 5.55. The summed E-state index contributed by atoms with van der Waals surface area (Å²) in [5.41, 5.74) is 4.22. The van der Waals surface area contributed by atoms with Crippen molar-refractivity contribution in [2.75, 3.05) is 18.6 Å². The third-order valence-corrected chi connectivity index (χ3v) is 7.28. The first-order valence-electron chi connectivity index (χ1n) is 12.4. The number of amides is 4. The van der Waals surface area contributed by atoms with E-state index in [4.69, 9.17) is 4.74 Å². The smallest absolute Gasteiger partial charge is 0.332 e. The standard InChI is InChI=1S/C30H26N4O4/c1-3-16-31-28(35)21-9-5-7-11-24(21)34-29(36)25-17-22-20-8-4-6-10-23(20)32-26(22)27(33(25)30(34)37)18-12-14-19(38-2)15-13-18/h3-15,25,27,32H,1,16-17H2,2H3,(H,31,35)/t25-,27?/m0/s1. The second kappa shape index (κ2) is 9.23. The van der Waals surface area contributed by atoms with Gasteiger partial charge in [0.1, 0.15) is 17.8 Å². The Hall–Kier alpha value is -4.85. The van der Waals surface area contributed by atoms with Crippen molar-refractivity contribution in [1.29, 1.82) is 0 Å². The monoisotopic (exact) mass is 506 g/mol. The molecule has 0 saturated carbocycles. The van der Waals surface area contributed by atoms with E-state index in [-0.39, 0.29) is 29.6 Å². The van der Waals surface area contributed by atoms with Crippen LogP contribution in [0.2, 0.25) is 0 Å². The van der Waals surface area contributed by atoms with Gasteiger partial charge in [0.05, 0.1) is 18.4 Å². The average molecular weight is 507 g/mol. The summed E-state index contributed by atoms with van der Waals surface area (Å²) in [6.07, 6.45) is 1.95. The van der Waals surface area contributed by atoms with Crippen molar-refractivity contribution >= 4 is 34.4 Å². The Bertz CT molecular complexity index is 1590. The Kier molecular flexibility index (Phi) is 5.72. The summed E-state index contributed by atoms with van der Waals surface area (Å²) >= 11 is 0. The van der Waals surface area contributed by atoms with Gasteiger partial charge in [-0.15, -0.1) is 6.58 Å². The molecule has 2 atom stereocenters. The number of H-pyrrole nitrogens is 1. The molecule has 1 fully saturated rings. The minimum atomic E-state index is -0.717. The van der Waals surface area contributed by atoms with Crippen LogP contribution in [-0.4, -0.2) is 47.4 Å². The highest BCUT2D eigenvalue weighted by molar-refractivity contribution is 6.24. The van der Waals surface area contributed by atoms with Gasteiger partial charge in [-0.1, -0.05) is 48.5 Å². The lowest BCUT2D eigenvalue weighted by Crippen LogP contribution is -2.44. The van der Waals surface area contributed by atoms with Gasteiger partial charge in [0.15, 0.2) is 0 Å². The molecule has 38 heavy (non-hydrogen) atoms. The summed E-state index contributed by atoms with van der Waals surface area (Å²) in [7, 11) is 1.60. The first kappa shape index (κ1) is 23.5. The molecule has 2 aliphatic rings. The van der Waals surface area contributed by atoms with Crippen LogP contribution in [0, 0.1) is 0 Å². The molecule has 1 unspecified atom stereocenters. The Morgan fingerprint density at radius 3 is 2.58 bits per heavy atom. The largest absolute Gasteiger partial charge is 0.497 e. The molecular weight excluding hydrogens is 480 g/mol. The third-order valence-electron chi connectivity index (χ3n) is 7.28. The summed E-state index contributed by atoms with van der Waals surface area (Å²) in [5.74, 6) is -0.0369. The highest BCUT2D eigenvalue weighted by Gasteiger charge is 2.53. The molecular formula is C30H26N4O4. The molecule has 8 nitrogen and oxygen atoms in total. The van der Waals surface area contributed by atoms with Crippen LogP contribution in [0.1, 0.15) is 33.2 Å². The van der Waals surface area contributed by atoms with Crippen LogP contribution in [0.25, 0.3) is 10.9 Å². The van der Waals surface area contributed by atoms with Crippen LogP contribution in [0.3, 0.4) is 0 Å². The van der Waals surface area contributed by atoms with E-state index < -0.39 is 18.1 Å². The fraction of sp³-hybridized carbons (Fsp3) is 0.167. The summed E-state index contributed by atoms with van der Waals surface area (Å²) in [6.45, 7) is 3.90. The number of anilines is 1. The number of imide groups is 1. The minimum absolute atomic E-state index is 0.251. The average Bonchev–Trinajstić information content (AvgIpc) is 3.44. The van der Waals surface area contributed by atoms with Crippen molar-refractivity contribution in [2.24, 2.45) is 0 Å². The molecule has 1 saturated heterocycles. The van der Waals surface area contributed by atoms with Gasteiger partial charge < -0.3 is 15.0 Å². The number of aromatic amines is 1. The molecule has 4 amide bonds. The van der Waals surface area contributed by atoms with Gasteiger partial charge in [-0.3, -0.25) is 14.5 Å².